The van der Waals surface area contributed by atoms with Crippen molar-refractivity contribution in [1.82, 2.24) is 9.97 Å². The number of nitrogens with one attached hydrogen (secondary N) is 1. The number of benzene rings is 1. The lowest BCUT2D eigenvalue weighted by Crippen LogP contribution is -2.22. The molecule has 2 aromatic rings. The van der Waals surface area contributed by atoms with Gasteiger partial charge in [0.05, 0.1) is 17.6 Å². The van der Waals surface area contributed by atoms with Crippen molar-refractivity contribution in [3.63, 3.8) is 0 Å². The number of rotatable bonds is 4. The minimum absolute atomic E-state index is 0.183. The highest BCUT2D eigenvalue weighted by Crippen LogP contribution is 2.24. The van der Waals surface area contributed by atoms with E-state index in [-0.39, 0.29) is 17.0 Å². The molecule has 1 aromatic heterocycles. The molecule has 0 radical (unpaired) electrons. The van der Waals surface area contributed by atoms with Crippen molar-refractivity contribution >= 4 is 17.5 Å². The first kappa shape index (κ1) is 14.8. The predicted octanol–water partition coefficient (Wildman–Crippen LogP) is 3.92. The molecule has 2 rings (SSSR count). The molecule has 1 N–H and O–H groups in total. The molecule has 0 aliphatic heterocycles. The number of halogens is 1. The first-order valence-corrected chi connectivity index (χ1v) is 7.32. The van der Waals surface area contributed by atoms with Crippen LogP contribution in [0.1, 0.15) is 20.8 Å². The third kappa shape index (κ3) is 3.70. The summed E-state index contributed by atoms with van der Waals surface area (Å²) in [6.07, 6.45) is 1.69. The molecular formula is C15H17FN2OS. The molecule has 20 heavy (non-hydrogen) atoms. The van der Waals surface area contributed by atoms with Gasteiger partial charge in [0.25, 0.3) is 0 Å². The van der Waals surface area contributed by atoms with Crippen LogP contribution in [0.3, 0.4) is 0 Å². The van der Waals surface area contributed by atoms with Crippen LogP contribution in [0.5, 0.6) is 0 Å². The number of nitrogens with zero attached hydrogens (tertiary/aromatic N) is 1. The molecule has 1 heterocycles. The maximum Gasteiger partial charge on any atom is 0.166 e. The van der Waals surface area contributed by atoms with Gasteiger partial charge in [0, 0.05) is 5.41 Å². The molecule has 0 atom stereocenters. The fraction of sp³-hybridized carbons (Fsp3) is 0.333. The number of Topliss-reactive ketones (excluding diaryl/α,β-unsaturated/α-hetero) is 1. The van der Waals surface area contributed by atoms with E-state index >= 15 is 0 Å². The molecular weight excluding hydrogens is 275 g/mol. The molecule has 0 spiro atoms. The Labute approximate surface area is 122 Å². The number of thioether (sulfide) groups is 1. The lowest BCUT2D eigenvalue weighted by Gasteiger charge is -2.15. The fourth-order valence-corrected chi connectivity index (χ4v) is 2.51. The third-order valence-corrected chi connectivity index (χ3v) is 3.77. The van der Waals surface area contributed by atoms with Gasteiger partial charge in [-0.25, -0.2) is 9.37 Å². The van der Waals surface area contributed by atoms with Crippen molar-refractivity contribution in [2.45, 2.75) is 25.9 Å². The molecule has 0 bridgehead atoms. The zero-order valence-corrected chi connectivity index (χ0v) is 12.6. The zero-order valence-electron chi connectivity index (χ0n) is 11.7. The number of hydrogen-bond donors (Lipinski definition) is 1. The summed E-state index contributed by atoms with van der Waals surface area (Å²) in [5, 5.41) is 0.696. The van der Waals surface area contributed by atoms with Crippen LogP contribution in [-0.4, -0.2) is 21.5 Å². The molecule has 5 heteroatoms. The van der Waals surface area contributed by atoms with Gasteiger partial charge >= 0.3 is 0 Å². The highest BCUT2D eigenvalue weighted by atomic mass is 32.2. The molecule has 0 unspecified atom stereocenters. The topological polar surface area (TPSA) is 45.8 Å². The van der Waals surface area contributed by atoms with Crippen LogP contribution in [0.25, 0.3) is 11.3 Å². The SMILES string of the molecule is CC(C)(C)C(=O)CSc1ncc(-c2ccc(F)cc2)[nH]1. The highest BCUT2D eigenvalue weighted by molar-refractivity contribution is 7.99. The average Bonchev–Trinajstić information content (AvgIpc) is 2.84. The van der Waals surface area contributed by atoms with E-state index in [2.05, 4.69) is 9.97 Å². The van der Waals surface area contributed by atoms with Gasteiger partial charge in [-0.15, -0.1) is 0 Å². The molecule has 0 saturated heterocycles. The monoisotopic (exact) mass is 292 g/mol. The second-order valence-electron chi connectivity index (χ2n) is 5.57. The van der Waals surface area contributed by atoms with Crippen LogP contribution < -0.4 is 0 Å². The standard InChI is InChI=1S/C15H17FN2OS/c1-15(2,3)13(19)9-20-14-17-8-12(18-14)10-4-6-11(16)7-5-10/h4-8H,9H2,1-3H3,(H,17,18). The van der Waals surface area contributed by atoms with E-state index in [4.69, 9.17) is 0 Å². The van der Waals surface area contributed by atoms with Gasteiger partial charge in [-0.1, -0.05) is 32.5 Å². The second-order valence-corrected chi connectivity index (χ2v) is 6.53. The maximum absolute atomic E-state index is 12.9. The highest BCUT2D eigenvalue weighted by Gasteiger charge is 2.21. The van der Waals surface area contributed by atoms with Crippen LogP contribution in [0.2, 0.25) is 0 Å². The smallest absolute Gasteiger partial charge is 0.166 e. The fourth-order valence-electron chi connectivity index (χ4n) is 1.50. The summed E-state index contributed by atoms with van der Waals surface area (Å²) in [5.74, 6) is 0.306. The first-order chi connectivity index (χ1) is 9.36. The summed E-state index contributed by atoms with van der Waals surface area (Å²) in [6.45, 7) is 5.71. The first-order valence-electron chi connectivity index (χ1n) is 6.33. The third-order valence-electron chi connectivity index (χ3n) is 2.88. The van der Waals surface area contributed by atoms with E-state index in [0.29, 0.717) is 10.9 Å². The number of aromatic nitrogens is 2. The number of hydrogen-bond acceptors (Lipinski definition) is 3. The Morgan fingerprint density at radius 2 is 1.95 bits per heavy atom. The van der Waals surface area contributed by atoms with Gasteiger partial charge < -0.3 is 4.98 Å². The number of carbonyl (C=O) groups is 1. The van der Waals surface area contributed by atoms with Gasteiger partial charge in [0.2, 0.25) is 0 Å². The van der Waals surface area contributed by atoms with Crippen LogP contribution in [0.4, 0.5) is 4.39 Å². The number of H-pyrrole nitrogens is 1. The van der Waals surface area contributed by atoms with Gasteiger partial charge in [-0.3, -0.25) is 4.79 Å². The average molecular weight is 292 g/mol. The van der Waals surface area contributed by atoms with Crippen molar-refractivity contribution in [2.75, 3.05) is 5.75 Å². The summed E-state index contributed by atoms with van der Waals surface area (Å²) < 4.78 is 12.9. The molecule has 1 aromatic carbocycles. The minimum atomic E-state index is -0.334. The Bertz CT molecular complexity index is 599. The molecule has 0 fully saturated rings. The van der Waals surface area contributed by atoms with E-state index in [1.54, 1.807) is 18.3 Å². The Kier molecular flexibility index (Phi) is 4.28. The molecule has 0 saturated carbocycles. The van der Waals surface area contributed by atoms with Crippen LogP contribution in [0, 0.1) is 11.2 Å². The Morgan fingerprint density at radius 3 is 2.55 bits per heavy atom. The van der Waals surface area contributed by atoms with Crippen LogP contribution >= 0.6 is 11.8 Å². The Balaban J connectivity index is 2.03. The number of imidazole rings is 1. The lowest BCUT2D eigenvalue weighted by atomic mass is 9.92. The number of carbonyl (C=O) groups excluding carboxylic acids is 1. The summed E-state index contributed by atoms with van der Waals surface area (Å²) >= 11 is 1.38. The van der Waals surface area contributed by atoms with Crippen molar-refractivity contribution in [2.24, 2.45) is 5.41 Å². The Morgan fingerprint density at radius 1 is 1.30 bits per heavy atom. The van der Waals surface area contributed by atoms with Crippen molar-refractivity contribution in [3.8, 4) is 11.3 Å². The normalized spacial score (nSPS) is 11.6. The molecule has 3 nitrogen and oxygen atoms in total. The second kappa shape index (κ2) is 5.79. The van der Waals surface area contributed by atoms with Crippen molar-refractivity contribution < 1.29 is 9.18 Å². The van der Waals surface area contributed by atoms with E-state index in [0.717, 1.165) is 11.3 Å². The maximum atomic E-state index is 12.9. The van der Waals surface area contributed by atoms with Gasteiger partial charge in [0.1, 0.15) is 11.6 Å². The molecule has 106 valence electrons. The quantitative estimate of drug-likeness (QED) is 0.869. The van der Waals surface area contributed by atoms with Crippen molar-refractivity contribution in [1.29, 1.82) is 0 Å². The van der Waals surface area contributed by atoms with E-state index in [1.165, 1.54) is 23.9 Å². The van der Waals surface area contributed by atoms with E-state index < -0.39 is 0 Å². The Hall–Kier alpha value is -1.62. The molecule has 0 amide bonds. The molecule has 0 aliphatic rings. The summed E-state index contributed by atoms with van der Waals surface area (Å²) in [6, 6.07) is 6.20. The van der Waals surface area contributed by atoms with Gasteiger partial charge in [-0.05, 0) is 29.8 Å². The lowest BCUT2D eigenvalue weighted by molar-refractivity contribution is -0.123. The van der Waals surface area contributed by atoms with Gasteiger partial charge in [-0.2, -0.15) is 0 Å². The van der Waals surface area contributed by atoms with Crippen molar-refractivity contribution in [3.05, 3.63) is 36.3 Å². The number of aromatic amines is 1. The minimum Gasteiger partial charge on any atom is -0.333 e. The van der Waals surface area contributed by atoms with Crippen LogP contribution in [0.15, 0.2) is 35.6 Å². The van der Waals surface area contributed by atoms with E-state index in [1.807, 2.05) is 20.8 Å². The summed E-state index contributed by atoms with van der Waals surface area (Å²) in [5.41, 5.74) is 1.35. The summed E-state index contributed by atoms with van der Waals surface area (Å²) in [4.78, 5) is 19.2. The predicted molar refractivity (Wildman–Crippen MR) is 79.2 cm³/mol. The summed E-state index contributed by atoms with van der Waals surface area (Å²) in [7, 11) is 0. The van der Waals surface area contributed by atoms with Crippen LogP contribution in [-0.2, 0) is 4.79 Å². The molecule has 0 aliphatic carbocycles. The largest absolute Gasteiger partial charge is 0.333 e. The van der Waals surface area contributed by atoms with Gasteiger partial charge in [0.15, 0.2) is 5.16 Å². The zero-order chi connectivity index (χ0) is 14.8. The van der Waals surface area contributed by atoms with E-state index in [9.17, 15) is 9.18 Å². The number of ketones is 1.